The summed E-state index contributed by atoms with van der Waals surface area (Å²) < 4.78 is 11.1. The third kappa shape index (κ3) is 3.73. The lowest BCUT2D eigenvalue weighted by atomic mass is 9.95. The molecule has 1 unspecified atom stereocenters. The SMILES string of the molecule is O=C1C(=O)N(c2ccc(Cl)cc2)C(c2ccc(O)c(Cl)c2)/C1=C(/O)c1ccc2c(c1)OCCO2. The van der Waals surface area contributed by atoms with Crippen LogP contribution in [0.25, 0.3) is 5.76 Å². The minimum absolute atomic E-state index is 0.0403. The van der Waals surface area contributed by atoms with Gasteiger partial charge < -0.3 is 19.7 Å². The van der Waals surface area contributed by atoms with Gasteiger partial charge in [-0.1, -0.05) is 29.3 Å². The van der Waals surface area contributed by atoms with Gasteiger partial charge in [-0.15, -0.1) is 0 Å². The highest BCUT2D eigenvalue weighted by molar-refractivity contribution is 6.51. The van der Waals surface area contributed by atoms with Crippen LogP contribution >= 0.6 is 23.2 Å². The van der Waals surface area contributed by atoms with Crippen LogP contribution in [0.3, 0.4) is 0 Å². The van der Waals surface area contributed by atoms with Gasteiger partial charge in [-0.05, 0) is 60.2 Å². The summed E-state index contributed by atoms with van der Waals surface area (Å²) in [5.41, 5.74) is 0.990. The van der Waals surface area contributed by atoms with Crippen LogP contribution in [-0.4, -0.2) is 35.1 Å². The number of carbonyl (C=O) groups is 2. The number of nitrogens with zero attached hydrogens (tertiary/aromatic N) is 1. The van der Waals surface area contributed by atoms with E-state index in [0.717, 1.165) is 0 Å². The summed E-state index contributed by atoms with van der Waals surface area (Å²) in [5, 5.41) is 21.6. The van der Waals surface area contributed by atoms with Gasteiger partial charge >= 0.3 is 0 Å². The Morgan fingerprint density at radius 2 is 1.62 bits per heavy atom. The molecule has 2 N–H and O–H groups in total. The Morgan fingerprint density at radius 3 is 2.32 bits per heavy atom. The Hall–Kier alpha value is -3.68. The summed E-state index contributed by atoms with van der Waals surface area (Å²) in [5.74, 6) is -1.27. The zero-order valence-corrected chi connectivity index (χ0v) is 19.0. The monoisotopic (exact) mass is 497 g/mol. The number of aromatic hydroxyl groups is 1. The normalized spacial score (nSPS) is 18.9. The number of ketones is 1. The number of amides is 1. The molecule has 0 radical (unpaired) electrons. The topological polar surface area (TPSA) is 96.3 Å². The molecule has 9 heteroatoms. The van der Waals surface area contributed by atoms with Crippen LogP contribution in [0, 0.1) is 0 Å². The van der Waals surface area contributed by atoms with Crippen molar-refractivity contribution in [3.63, 3.8) is 0 Å². The summed E-state index contributed by atoms with van der Waals surface area (Å²) in [4.78, 5) is 27.7. The fourth-order valence-electron chi connectivity index (χ4n) is 4.06. The quantitative estimate of drug-likeness (QED) is 0.297. The first-order valence-electron chi connectivity index (χ1n) is 10.3. The Balaban J connectivity index is 1.70. The number of halogens is 2. The molecular formula is C25H17Cl2NO6. The van der Waals surface area contributed by atoms with Gasteiger partial charge in [0.25, 0.3) is 11.7 Å². The molecule has 3 aromatic rings. The number of rotatable bonds is 3. The number of carbonyl (C=O) groups excluding carboxylic acids is 2. The van der Waals surface area contributed by atoms with Gasteiger partial charge in [0.15, 0.2) is 11.5 Å². The highest BCUT2D eigenvalue weighted by Gasteiger charge is 2.47. The first-order valence-corrected chi connectivity index (χ1v) is 11.1. The molecule has 0 saturated carbocycles. The average molecular weight is 498 g/mol. The minimum Gasteiger partial charge on any atom is -0.507 e. The van der Waals surface area contributed by atoms with Crippen LogP contribution in [-0.2, 0) is 9.59 Å². The molecular weight excluding hydrogens is 481 g/mol. The number of phenols is 1. The molecule has 1 saturated heterocycles. The van der Waals surface area contributed by atoms with Crippen LogP contribution in [0.4, 0.5) is 5.69 Å². The Labute approximate surface area is 204 Å². The fourth-order valence-corrected chi connectivity index (χ4v) is 4.37. The molecule has 172 valence electrons. The maximum Gasteiger partial charge on any atom is 0.300 e. The molecule has 2 aliphatic rings. The van der Waals surface area contributed by atoms with Gasteiger partial charge in [-0.2, -0.15) is 0 Å². The van der Waals surface area contributed by atoms with Crippen molar-refractivity contribution in [2.75, 3.05) is 18.1 Å². The second kappa shape index (κ2) is 8.59. The number of aliphatic hydroxyl groups excluding tert-OH is 1. The van der Waals surface area contributed by atoms with Crippen LogP contribution in [0.1, 0.15) is 17.2 Å². The number of benzene rings is 3. The number of hydrogen-bond donors (Lipinski definition) is 2. The molecule has 3 aromatic carbocycles. The van der Waals surface area contributed by atoms with Crippen molar-refractivity contribution in [1.29, 1.82) is 0 Å². The van der Waals surface area contributed by atoms with E-state index in [1.54, 1.807) is 42.5 Å². The maximum atomic E-state index is 13.2. The molecule has 7 nitrogen and oxygen atoms in total. The zero-order valence-electron chi connectivity index (χ0n) is 17.5. The molecule has 0 spiro atoms. The minimum atomic E-state index is -1.01. The van der Waals surface area contributed by atoms with Gasteiger partial charge in [0.1, 0.15) is 24.7 Å². The van der Waals surface area contributed by atoms with E-state index >= 15 is 0 Å². The Kier molecular flexibility index (Phi) is 5.59. The predicted molar refractivity (Wildman–Crippen MR) is 127 cm³/mol. The summed E-state index contributed by atoms with van der Waals surface area (Å²) >= 11 is 12.1. The number of aliphatic hydroxyl groups is 1. The summed E-state index contributed by atoms with van der Waals surface area (Å²) in [6.07, 6.45) is 0. The van der Waals surface area contributed by atoms with Crippen LogP contribution in [0.5, 0.6) is 17.2 Å². The largest absolute Gasteiger partial charge is 0.507 e. The van der Waals surface area contributed by atoms with E-state index in [1.165, 1.54) is 23.1 Å². The van der Waals surface area contributed by atoms with E-state index in [9.17, 15) is 19.8 Å². The highest BCUT2D eigenvalue weighted by Crippen LogP contribution is 2.44. The lowest BCUT2D eigenvalue weighted by Crippen LogP contribution is -2.29. The zero-order chi connectivity index (χ0) is 24.0. The van der Waals surface area contributed by atoms with Crippen molar-refractivity contribution < 1.29 is 29.3 Å². The van der Waals surface area contributed by atoms with E-state index < -0.39 is 17.7 Å². The molecule has 2 aliphatic heterocycles. The van der Waals surface area contributed by atoms with Crippen LogP contribution < -0.4 is 14.4 Å². The average Bonchev–Trinajstić information content (AvgIpc) is 3.11. The van der Waals surface area contributed by atoms with Gasteiger partial charge in [0, 0.05) is 16.3 Å². The molecule has 1 amide bonds. The number of hydrogen-bond acceptors (Lipinski definition) is 6. The number of fused-ring (bicyclic) bond motifs is 1. The highest BCUT2D eigenvalue weighted by atomic mass is 35.5. The molecule has 0 aromatic heterocycles. The first-order chi connectivity index (χ1) is 16.3. The standard InChI is InChI=1S/C25H17Cl2NO6/c26-15-3-5-16(6-4-15)28-22(13-1-7-18(29)17(27)11-13)21(24(31)25(28)32)23(30)14-2-8-19-20(12-14)34-10-9-33-19/h1-8,11-12,22,29-30H,9-10H2/b23-21-. The van der Waals surface area contributed by atoms with Crippen molar-refractivity contribution in [2.45, 2.75) is 6.04 Å². The Morgan fingerprint density at radius 1 is 0.912 bits per heavy atom. The van der Waals surface area contributed by atoms with E-state index in [0.29, 0.717) is 41.0 Å². The van der Waals surface area contributed by atoms with E-state index in [4.69, 9.17) is 32.7 Å². The Bertz CT molecular complexity index is 1350. The number of anilines is 1. The van der Waals surface area contributed by atoms with Gasteiger partial charge in [0.05, 0.1) is 16.6 Å². The second-order valence-corrected chi connectivity index (χ2v) is 8.56. The van der Waals surface area contributed by atoms with Crippen molar-refractivity contribution in [3.8, 4) is 17.2 Å². The van der Waals surface area contributed by atoms with Crippen molar-refractivity contribution in [3.05, 3.63) is 87.4 Å². The lowest BCUT2D eigenvalue weighted by Gasteiger charge is -2.26. The number of Topliss-reactive ketones (excluding diaryl/α,β-unsaturated/α-hetero) is 1. The molecule has 1 fully saturated rings. The van der Waals surface area contributed by atoms with Crippen molar-refractivity contribution >= 4 is 46.3 Å². The van der Waals surface area contributed by atoms with E-state index in [-0.39, 0.29) is 27.7 Å². The fraction of sp³-hybridized carbons (Fsp3) is 0.120. The van der Waals surface area contributed by atoms with Crippen LogP contribution in [0.15, 0.2) is 66.2 Å². The molecule has 34 heavy (non-hydrogen) atoms. The van der Waals surface area contributed by atoms with Crippen LogP contribution in [0.2, 0.25) is 10.0 Å². The lowest BCUT2D eigenvalue weighted by molar-refractivity contribution is -0.132. The number of ether oxygens (including phenoxy) is 2. The molecule has 1 atom stereocenters. The summed E-state index contributed by atoms with van der Waals surface area (Å²) in [7, 11) is 0. The summed E-state index contributed by atoms with van der Waals surface area (Å²) in [6, 6.07) is 14.5. The van der Waals surface area contributed by atoms with Gasteiger partial charge in [-0.25, -0.2) is 0 Å². The van der Waals surface area contributed by atoms with Crippen molar-refractivity contribution in [2.24, 2.45) is 0 Å². The maximum absolute atomic E-state index is 13.2. The smallest absolute Gasteiger partial charge is 0.300 e. The predicted octanol–water partition coefficient (Wildman–Crippen LogP) is 5.10. The number of phenolic OH excluding ortho intramolecular Hbond substituents is 1. The van der Waals surface area contributed by atoms with E-state index in [1.807, 2.05) is 0 Å². The van der Waals surface area contributed by atoms with E-state index in [2.05, 4.69) is 0 Å². The molecule has 2 heterocycles. The third-order valence-electron chi connectivity index (χ3n) is 5.65. The second-order valence-electron chi connectivity index (χ2n) is 7.71. The molecule has 0 bridgehead atoms. The molecule has 0 aliphatic carbocycles. The third-order valence-corrected chi connectivity index (χ3v) is 6.21. The first kappa shape index (κ1) is 22.1. The van der Waals surface area contributed by atoms with Crippen molar-refractivity contribution in [1.82, 2.24) is 0 Å². The van der Waals surface area contributed by atoms with Gasteiger partial charge in [0.2, 0.25) is 0 Å². The summed E-state index contributed by atoms with van der Waals surface area (Å²) in [6.45, 7) is 0.760. The van der Waals surface area contributed by atoms with Gasteiger partial charge in [-0.3, -0.25) is 14.5 Å². The molecule has 5 rings (SSSR count).